The highest BCUT2D eigenvalue weighted by Crippen LogP contribution is 2.36. The molecule has 4 rings (SSSR count). The van der Waals surface area contributed by atoms with E-state index in [1.165, 1.54) is 0 Å². The molecule has 0 radical (unpaired) electrons. The van der Waals surface area contributed by atoms with Crippen LogP contribution < -0.4 is 4.74 Å². The van der Waals surface area contributed by atoms with Crippen molar-refractivity contribution in [1.29, 1.82) is 0 Å². The Morgan fingerprint density at radius 1 is 1.14 bits per heavy atom. The van der Waals surface area contributed by atoms with E-state index < -0.39 is 5.67 Å². The largest absolute Gasteiger partial charge is 0.491 e. The number of nitrogens with zero attached hydrogens (tertiary/aromatic N) is 3. The van der Waals surface area contributed by atoms with Crippen LogP contribution >= 0.6 is 0 Å². The summed E-state index contributed by atoms with van der Waals surface area (Å²) < 4.78 is 26.8. The maximum Gasteiger partial charge on any atom is 0.265 e. The van der Waals surface area contributed by atoms with Crippen molar-refractivity contribution in [2.75, 3.05) is 13.1 Å². The Morgan fingerprint density at radius 3 is 2.62 bits per heavy atom. The van der Waals surface area contributed by atoms with Crippen molar-refractivity contribution < 1.29 is 13.7 Å². The molecule has 0 aliphatic carbocycles. The molecule has 1 aliphatic rings. The maximum atomic E-state index is 15.7. The lowest BCUT2D eigenvalue weighted by Crippen LogP contribution is -2.43. The third-order valence-corrected chi connectivity index (χ3v) is 5.06. The molecule has 1 unspecified atom stereocenters. The van der Waals surface area contributed by atoms with Gasteiger partial charge in [0.1, 0.15) is 5.75 Å². The Bertz CT molecular complexity index is 927. The van der Waals surface area contributed by atoms with Gasteiger partial charge < -0.3 is 9.26 Å². The van der Waals surface area contributed by atoms with Gasteiger partial charge in [0.2, 0.25) is 11.5 Å². The summed E-state index contributed by atoms with van der Waals surface area (Å²) >= 11 is 0. The first-order valence-corrected chi connectivity index (χ1v) is 10.1. The SMILES string of the molecule is CC(C)Oc1ccc(CN2CCCC(F)(c3nc(-c4ccccc4)no3)C2)cc1. The van der Waals surface area contributed by atoms with Crippen molar-refractivity contribution in [3.8, 4) is 17.1 Å². The number of halogens is 1. The summed E-state index contributed by atoms with van der Waals surface area (Å²) in [6.07, 6.45) is 1.28. The van der Waals surface area contributed by atoms with Gasteiger partial charge in [0.25, 0.3) is 5.89 Å². The highest BCUT2D eigenvalue weighted by atomic mass is 19.1. The number of aromatic nitrogens is 2. The predicted molar refractivity (Wildman–Crippen MR) is 109 cm³/mol. The zero-order chi connectivity index (χ0) is 20.3. The van der Waals surface area contributed by atoms with E-state index in [0.717, 1.165) is 29.8 Å². The second-order valence-corrected chi connectivity index (χ2v) is 7.88. The number of likely N-dealkylation sites (tertiary alicyclic amines) is 1. The second kappa shape index (κ2) is 8.33. The normalized spacial score (nSPS) is 20.1. The van der Waals surface area contributed by atoms with Crippen molar-refractivity contribution in [2.45, 2.75) is 45.0 Å². The third-order valence-electron chi connectivity index (χ3n) is 5.06. The van der Waals surface area contributed by atoms with Crippen LogP contribution in [-0.4, -0.2) is 34.2 Å². The van der Waals surface area contributed by atoms with Gasteiger partial charge in [0.15, 0.2) is 0 Å². The molecule has 1 aromatic heterocycles. The molecule has 0 N–H and O–H groups in total. The van der Waals surface area contributed by atoms with Crippen molar-refractivity contribution in [2.24, 2.45) is 0 Å². The average molecular weight is 395 g/mol. The Hall–Kier alpha value is -2.73. The van der Waals surface area contributed by atoms with Gasteiger partial charge in [-0.25, -0.2) is 4.39 Å². The smallest absolute Gasteiger partial charge is 0.265 e. The molecule has 1 fully saturated rings. The van der Waals surface area contributed by atoms with E-state index in [9.17, 15) is 0 Å². The number of alkyl halides is 1. The fourth-order valence-corrected chi connectivity index (χ4v) is 3.72. The molecule has 2 aromatic carbocycles. The summed E-state index contributed by atoms with van der Waals surface area (Å²) in [6.45, 7) is 5.77. The highest BCUT2D eigenvalue weighted by Gasteiger charge is 2.42. The van der Waals surface area contributed by atoms with E-state index in [2.05, 4.69) is 15.0 Å². The minimum atomic E-state index is -1.63. The molecule has 1 atom stereocenters. The molecule has 0 saturated carbocycles. The molecule has 0 spiro atoms. The molecule has 6 heteroatoms. The van der Waals surface area contributed by atoms with Crippen LogP contribution in [0, 0.1) is 0 Å². The summed E-state index contributed by atoms with van der Waals surface area (Å²) in [5.41, 5.74) is 0.322. The van der Waals surface area contributed by atoms with E-state index in [4.69, 9.17) is 9.26 Å². The van der Waals surface area contributed by atoms with Gasteiger partial charge in [0.05, 0.1) is 6.10 Å². The molecule has 5 nitrogen and oxygen atoms in total. The van der Waals surface area contributed by atoms with E-state index in [1.807, 2.05) is 68.4 Å². The Labute approximate surface area is 170 Å². The number of ether oxygens (including phenoxy) is 1. The lowest BCUT2D eigenvalue weighted by Gasteiger charge is -2.35. The number of hydrogen-bond acceptors (Lipinski definition) is 5. The molecule has 152 valence electrons. The molecule has 0 amide bonds. The van der Waals surface area contributed by atoms with Crippen molar-refractivity contribution in [3.05, 3.63) is 66.1 Å². The summed E-state index contributed by atoms with van der Waals surface area (Å²) in [6, 6.07) is 17.5. The minimum absolute atomic E-state index is 0.0711. The quantitative estimate of drug-likeness (QED) is 0.589. The molecule has 2 heterocycles. The summed E-state index contributed by atoms with van der Waals surface area (Å²) in [4.78, 5) is 6.47. The van der Waals surface area contributed by atoms with Crippen molar-refractivity contribution >= 4 is 0 Å². The number of benzene rings is 2. The first-order valence-electron chi connectivity index (χ1n) is 10.1. The average Bonchev–Trinajstić information content (AvgIpc) is 3.21. The Balaban J connectivity index is 1.44. The van der Waals surface area contributed by atoms with E-state index >= 15 is 4.39 Å². The van der Waals surface area contributed by atoms with Gasteiger partial charge in [-0.05, 0) is 50.9 Å². The van der Waals surface area contributed by atoms with Crippen LogP contribution in [0.2, 0.25) is 0 Å². The molecule has 3 aromatic rings. The lowest BCUT2D eigenvalue weighted by molar-refractivity contribution is 0.0124. The highest BCUT2D eigenvalue weighted by molar-refractivity contribution is 5.53. The topological polar surface area (TPSA) is 51.4 Å². The van der Waals surface area contributed by atoms with Gasteiger partial charge in [-0.1, -0.05) is 47.6 Å². The zero-order valence-electron chi connectivity index (χ0n) is 16.8. The zero-order valence-corrected chi connectivity index (χ0v) is 16.8. The number of rotatable bonds is 6. The molecular weight excluding hydrogens is 369 g/mol. The first kappa shape index (κ1) is 19.6. The van der Waals surface area contributed by atoms with Crippen LogP contribution in [0.25, 0.3) is 11.4 Å². The lowest BCUT2D eigenvalue weighted by atomic mass is 9.94. The van der Waals surface area contributed by atoms with Crippen LogP contribution in [0.4, 0.5) is 4.39 Å². The molecular formula is C23H26FN3O2. The van der Waals surface area contributed by atoms with Crippen LogP contribution in [0.3, 0.4) is 0 Å². The summed E-state index contributed by atoms with van der Waals surface area (Å²) in [7, 11) is 0. The standard InChI is InChI=1S/C23H26FN3O2/c1-17(2)28-20-11-9-18(10-12-20)15-27-14-6-13-23(24,16-27)22-25-21(26-29-22)19-7-4-3-5-8-19/h3-5,7-12,17H,6,13-16H2,1-2H3. The molecule has 1 saturated heterocycles. The van der Waals surface area contributed by atoms with Crippen LogP contribution in [0.5, 0.6) is 5.75 Å². The Kier molecular flexibility index (Phi) is 5.62. The molecule has 0 bridgehead atoms. The second-order valence-electron chi connectivity index (χ2n) is 7.88. The monoisotopic (exact) mass is 395 g/mol. The summed E-state index contributed by atoms with van der Waals surface area (Å²) in [5, 5.41) is 3.99. The van der Waals surface area contributed by atoms with Gasteiger partial charge in [-0.15, -0.1) is 0 Å². The minimum Gasteiger partial charge on any atom is -0.491 e. The van der Waals surface area contributed by atoms with Gasteiger partial charge >= 0.3 is 0 Å². The van der Waals surface area contributed by atoms with Gasteiger partial charge in [-0.2, -0.15) is 4.98 Å². The molecule has 29 heavy (non-hydrogen) atoms. The van der Waals surface area contributed by atoms with E-state index in [1.54, 1.807) is 0 Å². The fourth-order valence-electron chi connectivity index (χ4n) is 3.72. The van der Waals surface area contributed by atoms with E-state index in [0.29, 0.717) is 18.8 Å². The van der Waals surface area contributed by atoms with Crippen molar-refractivity contribution in [1.82, 2.24) is 15.0 Å². The number of hydrogen-bond donors (Lipinski definition) is 0. The van der Waals surface area contributed by atoms with Crippen LogP contribution in [-0.2, 0) is 12.2 Å². The Morgan fingerprint density at radius 2 is 1.90 bits per heavy atom. The molecule has 1 aliphatic heterocycles. The van der Waals surface area contributed by atoms with Crippen LogP contribution in [0.1, 0.15) is 38.1 Å². The number of piperidine rings is 1. The first-order chi connectivity index (χ1) is 14.0. The van der Waals surface area contributed by atoms with Gasteiger partial charge in [-0.3, -0.25) is 4.90 Å². The fraction of sp³-hybridized carbons (Fsp3) is 0.391. The maximum absolute atomic E-state index is 15.7. The van der Waals surface area contributed by atoms with Gasteiger partial charge in [0, 0.05) is 18.7 Å². The van der Waals surface area contributed by atoms with Crippen LogP contribution in [0.15, 0.2) is 59.1 Å². The van der Waals surface area contributed by atoms with Crippen molar-refractivity contribution in [3.63, 3.8) is 0 Å². The predicted octanol–water partition coefficient (Wildman–Crippen LogP) is 4.98. The van der Waals surface area contributed by atoms with E-state index in [-0.39, 0.29) is 18.5 Å². The third kappa shape index (κ3) is 4.65. The summed E-state index contributed by atoms with van der Waals surface area (Å²) in [5.74, 6) is 1.35.